The molecule has 4 nitrogen and oxygen atoms in total. The molecule has 1 heterocycles. The Labute approximate surface area is 124 Å². The monoisotopic (exact) mass is 294 g/mol. The molecule has 5 heteroatoms. The van der Waals surface area contributed by atoms with Crippen LogP contribution in [-0.4, -0.2) is 30.8 Å². The number of nitrogens with one attached hydrogen (secondary N) is 1. The molecule has 0 aliphatic carbocycles. The number of hydrogen-bond acceptors (Lipinski definition) is 3. The first-order valence-electron chi connectivity index (χ1n) is 6.80. The van der Waals surface area contributed by atoms with Crippen molar-refractivity contribution in [3.8, 4) is 0 Å². The first-order chi connectivity index (χ1) is 9.47. The molecule has 1 N–H and O–H groups in total. The van der Waals surface area contributed by atoms with Crippen LogP contribution in [0.1, 0.15) is 37.0 Å². The van der Waals surface area contributed by atoms with Crippen LogP contribution < -0.4 is 10.2 Å². The Morgan fingerprint density at radius 3 is 2.40 bits per heavy atom. The third-order valence-corrected chi connectivity index (χ3v) is 3.91. The summed E-state index contributed by atoms with van der Waals surface area (Å²) in [5.41, 5.74) is 1.59. The maximum Gasteiger partial charge on any atom is 0.217 e. The van der Waals surface area contributed by atoms with E-state index in [9.17, 15) is 9.59 Å². The quantitative estimate of drug-likeness (QED) is 0.872. The number of rotatable bonds is 3. The first-order valence-corrected chi connectivity index (χ1v) is 7.17. The fraction of sp³-hybridized carbons (Fsp3) is 0.467. The number of nitrogens with zero attached hydrogens (tertiary/aromatic N) is 1. The molecule has 20 heavy (non-hydrogen) atoms. The molecule has 2 rings (SSSR count). The number of benzene rings is 1. The highest BCUT2D eigenvalue weighted by Crippen LogP contribution is 2.26. The average molecular weight is 295 g/mol. The lowest BCUT2D eigenvalue weighted by atomic mass is 10.0. The zero-order valence-corrected chi connectivity index (χ0v) is 12.5. The van der Waals surface area contributed by atoms with E-state index in [2.05, 4.69) is 10.2 Å². The zero-order chi connectivity index (χ0) is 14.7. The Kier molecular flexibility index (Phi) is 4.65. The van der Waals surface area contributed by atoms with Crippen LogP contribution in [0.25, 0.3) is 0 Å². The van der Waals surface area contributed by atoms with Crippen molar-refractivity contribution in [2.24, 2.45) is 0 Å². The molecule has 1 amide bonds. The second kappa shape index (κ2) is 6.27. The highest BCUT2D eigenvalue weighted by Gasteiger charge is 2.20. The molecule has 0 unspecified atom stereocenters. The summed E-state index contributed by atoms with van der Waals surface area (Å²) in [6.07, 6.45) is 1.84. The molecule has 0 bridgehead atoms. The minimum Gasteiger partial charge on any atom is -0.371 e. The number of carbonyl (C=O) groups is 2. The van der Waals surface area contributed by atoms with Crippen molar-refractivity contribution in [1.29, 1.82) is 0 Å². The Hall–Kier alpha value is -1.55. The van der Waals surface area contributed by atoms with Crippen LogP contribution in [0.15, 0.2) is 18.2 Å². The predicted molar refractivity (Wildman–Crippen MR) is 80.5 cm³/mol. The lowest BCUT2D eigenvalue weighted by Gasteiger charge is -2.34. The standard InChI is InChI=1S/C15H19ClN2O2/c1-10(19)14-4-3-13(9-15(14)16)18-7-5-12(6-8-18)17-11(2)20/h3-4,9,12H,5-8H2,1-2H3,(H,17,20). The van der Waals surface area contributed by atoms with E-state index in [0.29, 0.717) is 10.6 Å². The van der Waals surface area contributed by atoms with E-state index in [-0.39, 0.29) is 17.7 Å². The van der Waals surface area contributed by atoms with E-state index in [1.807, 2.05) is 12.1 Å². The van der Waals surface area contributed by atoms with Gasteiger partial charge in [-0.2, -0.15) is 0 Å². The molecule has 1 fully saturated rings. The number of anilines is 1. The summed E-state index contributed by atoms with van der Waals surface area (Å²) in [4.78, 5) is 24.6. The third-order valence-electron chi connectivity index (χ3n) is 3.60. The van der Waals surface area contributed by atoms with Crippen LogP contribution in [0.2, 0.25) is 5.02 Å². The SMILES string of the molecule is CC(=O)NC1CCN(c2ccc(C(C)=O)c(Cl)c2)CC1. The molecule has 1 saturated heterocycles. The fourth-order valence-electron chi connectivity index (χ4n) is 2.56. The Morgan fingerprint density at radius 2 is 1.90 bits per heavy atom. The normalized spacial score (nSPS) is 16.1. The molecule has 0 spiro atoms. The van der Waals surface area contributed by atoms with Gasteiger partial charge in [-0.15, -0.1) is 0 Å². The van der Waals surface area contributed by atoms with E-state index in [1.165, 1.54) is 6.92 Å². The zero-order valence-electron chi connectivity index (χ0n) is 11.8. The van der Waals surface area contributed by atoms with Crippen molar-refractivity contribution in [2.75, 3.05) is 18.0 Å². The van der Waals surface area contributed by atoms with Crippen molar-refractivity contribution in [3.63, 3.8) is 0 Å². The lowest BCUT2D eigenvalue weighted by Crippen LogP contribution is -2.44. The minimum absolute atomic E-state index is 0.0223. The van der Waals surface area contributed by atoms with E-state index in [0.717, 1.165) is 31.6 Å². The Bertz CT molecular complexity index is 523. The summed E-state index contributed by atoms with van der Waals surface area (Å²) in [6, 6.07) is 5.81. The van der Waals surface area contributed by atoms with Crippen LogP contribution in [-0.2, 0) is 4.79 Å². The number of hydrogen-bond donors (Lipinski definition) is 1. The summed E-state index contributed by atoms with van der Waals surface area (Å²) in [5, 5.41) is 3.45. The molecular weight excluding hydrogens is 276 g/mol. The summed E-state index contributed by atoms with van der Waals surface area (Å²) in [7, 11) is 0. The van der Waals surface area contributed by atoms with Gasteiger partial charge in [-0.1, -0.05) is 11.6 Å². The van der Waals surface area contributed by atoms with Crippen molar-refractivity contribution in [3.05, 3.63) is 28.8 Å². The summed E-state index contributed by atoms with van der Waals surface area (Å²) < 4.78 is 0. The second-order valence-corrected chi connectivity index (χ2v) is 5.59. The van der Waals surface area contributed by atoms with Crippen LogP contribution in [0.4, 0.5) is 5.69 Å². The van der Waals surface area contributed by atoms with E-state index in [1.54, 1.807) is 13.0 Å². The number of carbonyl (C=O) groups excluding carboxylic acids is 2. The van der Waals surface area contributed by atoms with Gasteiger partial charge in [-0.05, 0) is 38.0 Å². The highest BCUT2D eigenvalue weighted by atomic mass is 35.5. The molecule has 0 radical (unpaired) electrons. The molecule has 108 valence electrons. The molecule has 0 aromatic heterocycles. The third kappa shape index (κ3) is 3.51. The number of piperidine rings is 1. The Balaban J connectivity index is 2.02. The molecule has 1 aromatic rings. The van der Waals surface area contributed by atoms with Crippen LogP contribution in [0.5, 0.6) is 0 Å². The van der Waals surface area contributed by atoms with Crippen molar-refractivity contribution < 1.29 is 9.59 Å². The molecule has 1 aliphatic rings. The molecule has 1 aromatic carbocycles. The van der Waals surface area contributed by atoms with Crippen LogP contribution >= 0.6 is 11.6 Å². The number of Topliss-reactive ketones (excluding diaryl/α,β-unsaturated/α-hetero) is 1. The highest BCUT2D eigenvalue weighted by molar-refractivity contribution is 6.34. The van der Waals surface area contributed by atoms with Gasteiger partial charge in [-0.3, -0.25) is 9.59 Å². The smallest absolute Gasteiger partial charge is 0.217 e. The lowest BCUT2D eigenvalue weighted by molar-refractivity contribution is -0.119. The maximum absolute atomic E-state index is 11.4. The number of amides is 1. The largest absolute Gasteiger partial charge is 0.371 e. The van der Waals surface area contributed by atoms with Crippen LogP contribution in [0.3, 0.4) is 0 Å². The maximum atomic E-state index is 11.4. The van der Waals surface area contributed by atoms with Crippen LogP contribution in [0, 0.1) is 0 Å². The van der Waals surface area contributed by atoms with Gasteiger partial charge in [0.1, 0.15) is 0 Å². The molecule has 0 atom stereocenters. The summed E-state index contributed by atoms with van der Waals surface area (Å²) in [6.45, 7) is 4.81. The topological polar surface area (TPSA) is 49.4 Å². The van der Waals surface area contributed by atoms with Gasteiger partial charge in [0, 0.05) is 37.3 Å². The van der Waals surface area contributed by atoms with Crippen molar-refractivity contribution >= 4 is 29.0 Å². The Morgan fingerprint density at radius 1 is 1.25 bits per heavy atom. The summed E-state index contributed by atoms with van der Waals surface area (Å²) >= 11 is 6.14. The minimum atomic E-state index is -0.0223. The van der Waals surface area contributed by atoms with E-state index < -0.39 is 0 Å². The first kappa shape index (κ1) is 14.9. The van der Waals surface area contributed by atoms with Gasteiger partial charge in [0.2, 0.25) is 5.91 Å². The molecular formula is C15H19ClN2O2. The number of halogens is 1. The predicted octanol–water partition coefficient (Wildman–Crippen LogP) is 2.65. The fourth-order valence-corrected chi connectivity index (χ4v) is 2.86. The van der Waals surface area contributed by atoms with Gasteiger partial charge >= 0.3 is 0 Å². The average Bonchev–Trinajstić information content (AvgIpc) is 2.38. The molecule has 0 saturated carbocycles. The van der Waals surface area contributed by atoms with Gasteiger partial charge in [0.15, 0.2) is 5.78 Å². The number of ketones is 1. The van der Waals surface area contributed by atoms with Crippen molar-refractivity contribution in [1.82, 2.24) is 5.32 Å². The van der Waals surface area contributed by atoms with E-state index >= 15 is 0 Å². The van der Waals surface area contributed by atoms with Gasteiger partial charge in [0.25, 0.3) is 0 Å². The van der Waals surface area contributed by atoms with Gasteiger partial charge in [0.05, 0.1) is 5.02 Å². The second-order valence-electron chi connectivity index (χ2n) is 5.18. The van der Waals surface area contributed by atoms with Gasteiger partial charge in [-0.25, -0.2) is 0 Å². The summed E-state index contributed by atoms with van der Waals surface area (Å²) in [5.74, 6) is 0.00298. The van der Waals surface area contributed by atoms with Crippen molar-refractivity contribution in [2.45, 2.75) is 32.7 Å². The van der Waals surface area contributed by atoms with E-state index in [4.69, 9.17) is 11.6 Å². The van der Waals surface area contributed by atoms with Gasteiger partial charge < -0.3 is 10.2 Å². The molecule has 1 aliphatic heterocycles.